The van der Waals surface area contributed by atoms with Crippen LogP contribution >= 0.6 is 0 Å². The highest BCUT2D eigenvalue weighted by molar-refractivity contribution is 5.25. The molecule has 21 heavy (non-hydrogen) atoms. The van der Waals surface area contributed by atoms with Gasteiger partial charge in [0.1, 0.15) is 0 Å². The molecule has 0 radical (unpaired) electrons. The van der Waals surface area contributed by atoms with E-state index in [1.807, 2.05) is 0 Å². The summed E-state index contributed by atoms with van der Waals surface area (Å²) in [6.07, 6.45) is 2.63. The van der Waals surface area contributed by atoms with E-state index in [4.69, 9.17) is 5.73 Å². The lowest BCUT2D eigenvalue weighted by molar-refractivity contribution is 0.138. The summed E-state index contributed by atoms with van der Waals surface area (Å²) in [6.45, 7) is 7.72. The average Bonchev–Trinajstić information content (AvgIpc) is 2.49. The van der Waals surface area contributed by atoms with E-state index >= 15 is 0 Å². The molecule has 1 atom stereocenters. The Balaban J connectivity index is 1.92. The number of benzene rings is 1. The van der Waals surface area contributed by atoms with Gasteiger partial charge in [0.2, 0.25) is 0 Å². The van der Waals surface area contributed by atoms with Crippen molar-refractivity contribution >= 4 is 0 Å². The Morgan fingerprint density at radius 1 is 1.19 bits per heavy atom. The van der Waals surface area contributed by atoms with Gasteiger partial charge in [-0.05, 0) is 51.5 Å². The van der Waals surface area contributed by atoms with Crippen LogP contribution in [0.1, 0.15) is 25.3 Å². The minimum atomic E-state index is 0.0651. The third-order valence-electron chi connectivity index (χ3n) is 4.82. The second-order valence-electron chi connectivity index (χ2n) is 7.11. The molecule has 3 nitrogen and oxygen atoms in total. The summed E-state index contributed by atoms with van der Waals surface area (Å²) in [5.74, 6) is 0.858. The monoisotopic (exact) mass is 289 g/mol. The lowest BCUT2D eigenvalue weighted by atomic mass is 9.81. The van der Waals surface area contributed by atoms with Crippen molar-refractivity contribution in [1.82, 2.24) is 9.80 Å². The van der Waals surface area contributed by atoms with Crippen molar-refractivity contribution in [3.8, 4) is 0 Å². The molecule has 1 aromatic rings. The van der Waals surface area contributed by atoms with Crippen molar-refractivity contribution in [1.29, 1.82) is 0 Å². The van der Waals surface area contributed by atoms with Gasteiger partial charge in [-0.1, -0.05) is 37.3 Å². The second-order valence-corrected chi connectivity index (χ2v) is 7.11. The largest absolute Gasteiger partial charge is 0.330 e. The van der Waals surface area contributed by atoms with Crippen molar-refractivity contribution < 1.29 is 0 Å². The van der Waals surface area contributed by atoms with E-state index in [0.29, 0.717) is 6.54 Å². The number of likely N-dealkylation sites (tertiary alicyclic amines) is 1. The van der Waals surface area contributed by atoms with Gasteiger partial charge in [0.05, 0.1) is 0 Å². The average molecular weight is 289 g/mol. The zero-order valence-electron chi connectivity index (χ0n) is 13.9. The fourth-order valence-corrected chi connectivity index (χ4v) is 3.45. The van der Waals surface area contributed by atoms with E-state index in [1.165, 1.54) is 38.0 Å². The Morgan fingerprint density at radius 2 is 1.81 bits per heavy atom. The summed E-state index contributed by atoms with van der Waals surface area (Å²) in [5, 5.41) is 0. The third-order valence-corrected chi connectivity index (χ3v) is 4.82. The number of piperidine rings is 1. The minimum absolute atomic E-state index is 0.0651. The van der Waals surface area contributed by atoms with E-state index in [9.17, 15) is 0 Å². The zero-order valence-corrected chi connectivity index (χ0v) is 13.9. The molecular formula is C18H31N3. The van der Waals surface area contributed by atoms with Crippen LogP contribution in [-0.2, 0) is 5.41 Å². The standard InChI is InChI=1S/C18H31N3/c1-18(14-19,17-7-5-4-6-8-17)15-21-11-9-16(10-12-21)13-20(2)3/h4-8,16H,9-15,19H2,1-3H3. The number of nitrogens with zero attached hydrogens (tertiary/aromatic N) is 2. The van der Waals surface area contributed by atoms with Crippen LogP contribution in [0.3, 0.4) is 0 Å². The summed E-state index contributed by atoms with van der Waals surface area (Å²) in [5.41, 5.74) is 7.55. The number of nitrogens with two attached hydrogens (primary N) is 1. The maximum Gasteiger partial charge on any atom is 0.0174 e. The topological polar surface area (TPSA) is 32.5 Å². The molecule has 0 bridgehead atoms. The van der Waals surface area contributed by atoms with Crippen molar-refractivity contribution in [3.63, 3.8) is 0 Å². The van der Waals surface area contributed by atoms with Gasteiger partial charge in [-0.15, -0.1) is 0 Å². The number of rotatable bonds is 6. The van der Waals surface area contributed by atoms with Crippen molar-refractivity contribution in [3.05, 3.63) is 35.9 Å². The van der Waals surface area contributed by atoms with Gasteiger partial charge in [0, 0.05) is 25.0 Å². The Labute approximate surface area is 130 Å². The molecule has 0 spiro atoms. The maximum absolute atomic E-state index is 6.12. The quantitative estimate of drug-likeness (QED) is 0.871. The van der Waals surface area contributed by atoms with E-state index in [0.717, 1.165) is 12.5 Å². The molecule has 1 heterocycles. The van der Waals surface area contributed by atoms with Crippen molar-refractivity contribution in [2.24, 2.45) is 11.7 Å². The van der Waals surface area contributed by atoms with Crippen LogP contribution in [0, 0.1) is 5.92 Å². The van der Waals surface area contributed by atoms with E-state index in [-0.39, 0.29) is 5.41 Å². The van der Waals surface area contributed by atoms with Crippen LogP contribution in [-0.4, -0.2) is 56.6 Å². The Kier molecular flexibility index (Phi) is 5.80. The molecule has 1 aromatic carbocycles. The molecule has 1 fully saturated rings. The molecule has 1 unspecified atom stereocenters. The number of hydrogen-bond acceptors (Lipinski definition) is 3. The second kappa shape index (κ2) is 7.39. The predicted molar refractivity (Wildman–Crippen MR) is 90.6 cm³/mol. The molecule has 1 aliphatic rings. The molecule has 1 aliphatic heterocycles. The van der Waals surface area contributed by atoms with Crippen LogP contribution in [0.25, 0.3) is 0 Å². The summed E-state index contributed by atoms with van der Waals surface area (Å²) in [4.78, 5) is 4.92. The lowest BCUT2D eigenvalue weighted by Crippen LogP contribution is -2.47. The first kappa shape index (κ1) is 16.5. The third kappa shape index (κ3) is 4.53. The first-order valence-corrected chi connectivity index (χ1v) is 8.16. The fraction of sp³-hybridized carbons (Fsp3) is 0.667. The first-order chi connectivity index (χ1) is 10.0. The highest BCUT2D eigenvalue weighted by Gasteiger charge is 2.29. The van der Waals surface area contributed by atoms with E-state index < -0.39 is 0 Å². The summed E-state index contributed by atoms with van der Waals surface area (Å²) in [7, 11) is 4.35. The highest BCUT2D eigenvalue weighted by atomic mass is 15.1. The number of hydrogen-bond donors (Lipinski definition) is 1. The molecule has 2 N–H and O–H groups in total. The van der Waals surface area contributed by atoms with Gasteiger partial charge in [-0.3, -0.25) is 0 Å². The van der Waals surface area contributed by atoms with Crippen LogP contribution in [0.2, 0.25) is 0 Å². The van der Waals surface area contributed by atoms with Crippen LogP contribution in [0.4, 0.5) is 0 Å². The smallest absolute Gasteiger partial charge is 0.0174 e. The minimum Gasteiger partial charge on any atom is -0.330 e. The zero-order chi connectivity index (χ0) is 15.3. The predicted octanol–water partition coefficient (Wildman–Crippen LogP) is 2.18. The van der Waals surface area contributed by atoms with E-state index in [2.05, 4.69) is 61.2 Å². The summed E-state index contributed by atoms with van der Waals surface area (Å²) >= 11 is 0. The van der Waals surface area contributed by atoms with Gasteiger partial charge in [-0.25, -0.2) is 0 Å². The molecule has 0 aliphatic carbocycles. The Bertz CT molecular complexity index is 410. The Morgan fingerprint density at radius 3 is 2.33 bits per heavy atom. The first-order valence-electron chi connectivity index (χ1n) is 8.16. The molecule has 0 saturated carbocycles. The van der Waals surface area contributed by atoms with Gasteiger partial charge in [0.25, 0.3) is 0 Å². The van der Waals surface area contributed by atoms with Crippen LogP contribution in [0.15, 0.2) is 30.3 Å². The van der Waals surface area contributed by atoms with Crippen LogP contribution in [0.5, 0.6) is 0 Å². The molecule has 0 amide bonds. The summed E-state index contributed by atoms with van der Waals surface area (Å²) < 4.78 is 0. The van der Waals surface area contributed by atoms with Crippen molar-refractivity contribution in [2.45, 2.75) is 25.2 Å². The Hall–Kier alpha value is -0.900. The molecule has 118 valence electrons. The molecular weight excluding hydrogens is 258 g/mol. The van der Waals surface area contributed by atoms with Gasteiger partial charge in [-0.2, -0.15) is 0 Å². The highest BCUT2D eigenvalue weighted by Crippen LogP contribution is 2.26. The molecule has 1 saturated heterocycles. The molecule has 0 aromatic heterocycles. The van der Waals surface area contributed by atoms with Gasteiger partial charge in [0.15, 0.2) is 0 Å². The maximum atomic E-state index is 6.12. The van der Waals surface area contributed by atoms with Crippen molar-refractivity contribution in [2.75, 3.05) is 46.8 Å². The lowest BCUT2D eigenvalue weighted by Gasteiger charge is -2.39. The van der Waals surface area contributed by atoms with Gasteiger partial charge >= 0.3 is 0 Å². The molecule has 3 heteroatoms. The van der Waals surface area contributed by atoms with Crippen LogP contribution < -0.4 is 5.73 Å². The van der Waals surface area contributed by atoms with Gasteiger partial charge < -0.3 is 15.5 Å². The SMILES string of the molecule is CN(C)CC1CCN(CC(C)(CN)c2ccccc2)CC1. The normalized spacial score (nSPS) is 20.6. The summed E-state index contributed by atoms with van der Waals surface area (Å²) in [6, 6.07) is 10.7. The fourth-order valence-electron chi connectivity index (χ4n) is 3.45. The van der Waals surface area contributed by atoms with E-state index in [1.54, 1.807) is 0 Å². The molecule has 2 rings (SSSR count).